The predicted octanol–water partition coefficient (Wildman–Crippen LogP) is 5.09. The van der Waals surface area contributed by atoms with Crippen LogP contribution < -0.4 is 5.32 Å². The van der Waals surface area contributed by atoms with Crippen LogP contribution in [0.5, 0.6) is 0 Å². The number of hydrogen-bond acceptors (Lipinski definition) is 8. The third kappa shape index (κ3) is 22.0. The molecule has 232 valence electrons. The monoisotopic (exact) mass is 638 g/mol. The molecule has 3 N–H and O–H groups in total. The molecule has 0 aliphatic rings. The first-order valence-corrected chi connectivity index (χ1v) is 15.0. The molecule has 9 heteroatoms. The largest absolute Gasteiger partial charge is 0.459 e. The molecule has 0 heterocycles. The van der Waals surface area contributed by atoms with Crippen LogP contribution in [0.3, 0.4) is 0 Å². The summed E-state index contributed by atoms with van der Waals surface area (Å²) in [7, 11) is 0. The number of esters is 2. The maximum Gasteiger partial charge on any atom is 0.320 e. The number of carbonyl (C=O) groups is 2. The summed E-state index contributed by atoms with van der Waals surface area (Å²) in [5, 5.41) is 21.6. The second-order valence-electron chi connectivity index (χ2n) is 11.7. The third-order valence-corrected chi connectivity index (χ3v) is 5.63. The molecule has 0 fully saturated rings. The van der Waals surface area contributed by atoms with Crippen LogP contribution in [-0.2, 0) is 32.2 Å². The minimum absolute atomic E-state index is 0.00955. The van der Waals surface area contributed by atoms with Crippen LogP contribution in [0.1, 0.15) is 66.5 Å². The van der Waals surface area contributed by atoms with Gasteiger partial charge in [-0.25, -0.2) is 0 Å². The van der Waals surface area contributed by atoms with Crippen molar-refractivity contribution in [3.05, 3.63) is 71.8 Å². The SMILES string of the molecule is CC(C)(C)OC(=O)CBr.CC(CO)N(CC(=O)OC(C)(C)C)Cc1ccccc1.CC(CO)NCc1ccccc1. The highest BCUT2D eigenvalue weighted by atomic mass is 79.9. The minimum Gasteiger partial charge on any atom is -0.459 e. The number of nitrogens with zero attached hydrogens (tertiary/aromatic N) is 1. The summed E-state index contributed by atoms with van der Waals surface area (Å²) in [5.41, 5.74) is 1.51. The van der Waals surface area contributed by atoms with Crippen LogP contribution in [0.15, 0.2) is 60.7 Å². The van der Waals surface area contributed by atoms with Crippen molar-refractivity contribution in [2.24, 2.45) is 0 Å². The second kappa shape index (κ2) is 20.6. The van der Waals surface area contributed by atoms with E-state index in [1.807, 2.05) is 109 Å². The van der Waals surface area contributed by atoms with Gasteiger partial charge in [0.25, 0.3) is 0 Å². The molecule has 0 radical (unpaired) electrons. The van der Waals surface area contributed by atoms with Crippen molar-refractivity contribution in [3.63, 3.8) is 0 Å². The summed E-state index contributed by atoms with van der Waals surface area (Å²) in [6.45, 7) is 16.7. The van der Waals surface area contributed by atoms with Crippen LogP contribution in [0, 0.1) is 0 Å². The van der Waals surface area contributed by atoms with Gasteiger partial charge in [0.05, 0.1) is 19.8 Å². The van der Waals surface area contributed by atoms with Gasteiger partial charge in [-0.2, -0.15) is 0 Å². The first-order valence-electron chi connectivity index (χ1n) is 13.9. The van der Waals surface area contributed by atoms with E-state index in [0.29, 0.717) is 6.54 Å². The molecule has 2 rings (SSSR count). The smallest absolute Gasteiger partial charge is 0.320 e. The number of benzene rings is 2. The first kappa shape index (κ1) is 38.7. The fourth-order valence-corrected chi connectivity index (χ4v) is 3.28. The van der Waals surface area contributed by atoms with E-state index in [-0.39, 0.29) is 54.7 Å². The summed E-state index contributed by atoms with van der Waals surface area (Å²) in [6, 6.07) is 20.1. The zero-order valence-electron chi connectivity index (χ0n) is 26.0. The van der Waals surface area contributed by atoms with Crippen molar-refractivity contribution >= 4 is 27.9 Å². The Morgan fingerprint density at radius 1 is 0.805 bits per heavy atom. The fraction of sp³-hybridized carbons (Fsp3) is 0.562. The van der Waals surface area contributed by atoms with Crippen molar-refractivity contribution in [2.45, 2.75) is 91.8 Å². The van der Waals surface area contributed by atoms with Gasteiger partial charge in [-0.05, 0) is 66.5 Å². The van der Waals surface area contributed by atoms with Gasteiger partial charge in [0.1, 0.15) is 16.5 Å². The second-order valence-corrected chi connectivity index (χ2v) is 12.2. The molecule has 2 aromatic rings. The fourth-order valence-electron chi connectivity index (χ4n) is 3.16. The van der Waals surface area contributed by atoms with Gasteiger partial charge in [0, 0.05) is 25.2 Å². The lowest BCUT2D eigenvalue weighted by Crippen LogP contribution is -2.41. The highest BCUT2D eigenvalue weighted by molar-refractivity contribution is 9.09. The highest BCUT2D eigenvalue weighted by Gasteiger charge is 2.22. The van der Waals surface area contributed by atoms with Gasteiger partial charge in [0.15, 0.2) is 0 Å². The van der Waals surface area contributed by atoms with E-state index >= 15 is 0 Å². The average Bonchev–Trinajstić information content (AvgIpc) is 2.90. The third-order valence-electron chi connectivity index (χ3n) is 5.17. The Kier molecular flexibility index (Phi) is 19.4. The maximum atomic E-state index is 11.9. The van der Waals surface area contributed by atoms with E-state index in [9.17, 15) is 14.7 Å². The number of rotatable bonds is 11. The lowest BCUT2D eigenvalue weighted by molar-refractivity contribution is -0.157. The van der Waals surface area contributed by atoms with Gasteiger partial charge in [-0.1, -0.05) is 76.6 Å². The van der Waals surface area contributed by atoms with Gasteiger partial charge in [-0.15, -0.1) is 0 Å². The number of aliphatic hydroxyl groups excluding tert-OH is 2. The van der Waals surface area contributed by atoms with Crippen molar-refractivity contribution in [1.29, 1.82) is 0 Å². The summed E-state index contributed by atoms with van der Waals surface area (Å²) in [6.07, 6.45) is 0. The summed E-state index contributed by atoms with van der Waals surface area (Å²) < 4.78 is 10.2. The zero-order valence-corrected chi connectivity index (χ0v) is 27.6. The lowest BCUT2D eigenvalue weighted by Gasteiger charge is -2.28. The van der Waals surface area contributed by atoms with E-state index in [0.717, 1.165) is 12.1 Å². The molecular weight excluding hydrogens is 588 g/mol. The number of halogens is 1. The molecule has 8 nitrogen and oxygen atoms in total. The predicted molar refractivity (Wildman–Crippen MR) is 169 cm³/mol. The first-order chi connectivity index (χ1) is 19.1. The molecular formula is C32H51BrN2O6. The van der Waals surface area contributed by atoms with E-state index in [4.69, 9.17) is 14.6 Å². The van der Waals surface area contributed by atoms with E-state index < -0.39 is 5.60 Å². The number of aliphatic hydroxyl groups is 2. The topological polar surface area (TPSA) is 108 Å². The van der Waals surface area contributed by atoms with E-state index in [1.54, 1.807) is 0 Å². The summed E-state index contributed by atoms with van der Waals surface area (Å²) >= 11 is 2.99. The van der Waals surface area contributed by atoms with Gasteiger partial charge in [-0.3, -0.25) is 14.5 Å². The molecule has 0 saturated heterocycles. The molecule has 2 aromatic carbocycles. The Morgan fingerprint density at radius 3 is 1.66 bits per heavy atom. The lowest BCUT2D eigenvalue weighted by atomic mass is 10.1. The van der Waals surface area contributed by atoms with E-state index in [1.165, 1.54) is 5.56 Å². The van der Waals surface area contributed by atoms with Crippen molar-refractivity contribution < 1.29 is 29.3 Å². The van der Waals surface area contributed by atoms with Crippen LogP contribution in [0.25, 0.3) is 0 Å². The van der Waals surface area contributed by atoms with E-state index in [2.05, 4.69) is 33.4 Å². The Morgan fingerprint density at radius 2 is 1.27 bits per heavy atom. The van der Waals surface area contributed by atoms with Crippen LogP contribution in [-0.4, -0.2) is 75.4 Å². The molecule has 0 saturated carbocycles. The summed E-state index contributed by atoms with van der Waals surface area (Å²) in [5.74, 6) is -0.490. The molecule has 0 aromatic heterocycles. The number of hydrogen-bond donors (Lipinski definition) is 3. The molecule has 0 aliphatic carbocycles. The van der Waals surface area contributed by atoms with Crippen molar-refractivity contribution in [3.8, 4) is 0 Å². The molecule has 2 unspecified atom stereocenters. The van der Waals surface area contributed by atoms with Crippen LogP contribution in [0.4, 0.5) is 0 Å². The number of alkyl halides is 1. The normalized spacial score (nSPS) is 12.7. The van der Waals surface area contributed by atoms with Gasteiger partial charge >= 0.3 is 11.9 Å². The molecule has 0 amide bonds. The van der Waals surface area contributed by atoms with Crippen molar-refractivity contribution in [2.75, 3.05) is 25.1 Å². The zero-order chi connectivity index (χ0) is 31.5. The summed E-state index contributed by atoms with van der Waals surface area (Å²) in [4.78, 5) is 24.4. The van der Waals surface area contributed by atoms with Crippen LogP contribution in [0.2, 0.25) is 0 Å². The molecule has 2 atom stereocenters. The Bertz CT molecular complexity index is 962. The van der Waals surface area contributed by atoms with Gasteiger partial charge in [0.2, 0.25) is 0 Å². The Labute approximate surface area is 255 Å². The molecule has 41 heavy (non-hydrogen) atoms. The molecule has 0 aliphatic heterocycles. The standard InChI is InChI=1S/C16H25NO3.C10H15NO.C6H11BrO2/c1-13(12-18)17(10-14-8-6-5-7-9-14)11-15(19)20-16(2,3)4;1-9(8-12)11-7-10-5-3-2-4-6-10;1-6(2,3)9-5(8)4-7/h5-9,13,18H,10-12H2,1-4H3;2-6,9,11-12H,7-8H2,1H3;4H2,1-3H3. The number of ether oxygens (including phenoxy) is 2. The number of nitrogens with one attached hydrogen (secondary N) is 1. The quantitative estimate of drug-likeness (QED) is 0.231. The Balaban J connectivity index is 0.000000646. The van der Waals surface area contributed by atoms with Gasteiger partial charge < -0.3 is 25.0 Å². The maximum absolute atomic E-state index is 11.9. The highest BCUT2D eigenvalue weighted by Crippen LogP contribution is 2.12. The Hall–Kier alpha value is -2.30. The molecule has 0 spiro atoms. The number of carbonyl (C=O) groups excluding carboxylic acids is 2. The minimum atomic E-state index is -0.488. The van der Waals surface area contributed by atoms with Crippen LogP contribution >= 0.6 is 15.9 Å². The van der Waals surface area contributed by atoms with Crippen molar-refractivity contribution in [1.82, 2.24) is 10.2 Å². The average molecular weight is 640 g/mol. The molecule has 0 bridgehead atoms.